The van der Waals surface area contributed by atoms with E-state index >= 15 is 0 Å². The van der Waals surface area contributed by atoms with Gasteiger partial charge in [0.25, 0.3) is 5.91 Å². The van der Waals surface area contributed by atoms with Gasteiger partial charge in [0.2, 0.25) is 0 Å². The minimum absolute atomic E-state index is 0.131. The van der Waals surface area contributed by atoms with Gasteiger partial charge in [-0.2, -0.15) is 0 Å². The highest BCUT2D eigenvalue weighted by molar-refractivity contribution is 7.15. The Morgan fingerprint density at radius 3 is 2.77 bits per heavy atom. The molecule has 1 N–H and O–H groups in total. The molecule has 0 aliphatic carbocycles. The molecule has 130 valence electrons. The van der Waals surface area contributed by atoms with Crippen LogP contribution in [-0.4, -0.2) is 15.3 Å². The van der Waals surface area contributed by atoms with E-state index in [1.54, 1.807) is 11.3 Å². The number of benzene rings is 2. The van der Waals surface area contributed by atoms with E-state index in [4.69, 9.17) is 4.74 Å². The van der Waals surface area contributed by atoms with E-state index in [9.17, 15) is 4.79 Å². The molecule has 0 aliphatic heterocycles. The number of hydrogen-bond acceptors (Lipinski definition) is 4. The summed E-state index contributed by atoms with van der Waals surface area (Å²) in [5.41, 5.74) is 2.30. The third-order valence-corrected chi connectivity index (χ3v) is 4.74. The van der Waals surface area contributed by atoms with Gasteiger partial charge in [-0.25, -0.2) is 4.98 Å². The Hall–Kier alpha value is -3.12. The molecule has 6 heteroatoms. The van der Waals surface area contributed by atoms with Gasteiger partial charge < -0.3 is 10.1 Å². The fourth-order valence-electron chi connectivity index (χ4n) is 2.67. The van der Waals surface area contributed by atoms with Crippen LogP contribution < -0.4 is 10.1 Å². The molecule has 2 aromatic heterocycles. The van der Waals surface area contributed by atoms with Crippen LogP contribution >= 0.6 is 11.3 Å². The number of nitrogens with zero attached hydrogens (tertiary/aromatic N) is 2. The smallest absolute Gasteiger partial charge is 0.252 e. The van der Waals surface area contributed by atoms with E-state index in [1.165, 1.54) is 0 Å². The minimum atomic E-state index is -0.131. The second-order valence-corrected chi connectivity index (χ2v) is 6.64. The van der Waals surface area contributed by atoms with Crippen LogP contribution in [0.3, 0.4) is 0 Å². The molecule has 0 bridgehead atoms. The topological polar surface area (TPSA) is 55.6 Å². The number of nitrogens with one attached hydrogen (secondary N) is 1. The molecule has 1 amide bonds. The van der Waals surface area contributed by atoms with Crippen LogP contribution in [0.4, 0.5) is 0 Å². The maximum Gasteiger partial charge on any atom is 0.252 e. The number of carbonyl (C=O) groups excluding carboxylic acids is 1. The zero-order valence-electron chi connectivity index (χ0n) is 14.0. The molecule has 4 aromatic rings. The van der Waals surface area contributed by atoms with Crippen LogP contribution in [0.5, 0.6) is 5.75 Å². The Bertz CT molecular complexity index is 995. The predicted molar refractivity (Wildman–Crippen MR) is 101 cm³/mol. The molecule has 2 heterocycles. The molecule has 0 radical (unpaired) electrons. The minimum Gasteiger partial charge on any atom is -0.489 e. The van der Waals surface area contributed by atoms with Crippen molar-refractivity contribution >= 4 is 22.2 Å². The molecule has 0 spiro atoms. The van der Waals surface area contributed by atoms with Crippen LogP contribution in [0.25, 0.3) is 4.96 Å². The number of carbonyl (C=O) groups is 1. The van der Waals surface area contributed by atoms with Gasteiger partial charge in [-0.1, -0.05) is 36.4 Å². The normalized spacial score (nSPS) is 10.8. The van der Waals surface area contributed by atoms with Crippen molar-refractivity contribution in [3.8, 4) is 5.75 Å². The molecule has 4 rings (SSSR count). The summed E-state index contributed by atoms with van der Waals surface area (Å²) in [7, 11) is 0. The summed E-state index contributed by atoms with van der Waals surface area (Å²) in [5, 5.41) is 4.92. The number of thiazole rings is 1. The third kappa shape index (κ3) is 3.60. The Morgan fingerprint density at radius 1 is 1.12 bits per heavy atom. The molecule has 5 nitrogen and oxygen atoms in total. The number of imidazole rings is 1. The number of rotatable bonds is 6. The molecule has 0 fully saturated rings. The average molecular weight is 363 g/mol. The van der Waals surface area contributed by atoms with E-state index in [-0.39, 0.29) is 5.91 Å². The summed E-state index contributed by atoms with van der Waals surface area (Å²) in [4.78, 5) is 18.0. The summed E-state index contributed by atoms with van der Waals surface area (Å²) in [6.07, 6.45) is 3.88. The molecule has 26 heavy (non-hydrogen) atoms. The van der Waals surface area contributed by atoms with Crippen LogP contribution in [0.15, 0.2) is 72.4 Å². The van der Waals surface area contributed by atoms with E-state index in [0.29, 0.717) is 18.7 Å². The maximum absolute atomic E-state index is 12.6. The van der Waals surface area contributed by atoms with Crippen molar-refractivity contribution in [2.75, 3.05) is 0 Å². The Balaban J connectivity index is 1.42. The lowest BCUT2D eigenvalue weighted by molar-refractivity contribution is 0.0948. The summed E-state index contributed by atoms with van der Waals surface area (Å²) in [5.74, 6) is 0.648. The largest absolute Gasteiger partial charge is 0.489 e. The van der Waals surface area contributed by atoms with Crippen LogP contribution in [-0.2, 0) is 13.2 Å². The molecular formula is C20H17N3O2S. The van der Waals surface area contributed by atoms with Gasteiger partial charge in [-0.15, -0.1) is 11.3 Å². The summed E-state index contributed by atoms with van der Waals surface area (Å²) in [6, 6.07) is 17.1. The van der Waals surface area contributed by atoms with E-state index in [0.717, 1.165) is 22.0 Å². The number of aromatic nitrogens is 2. The van der Waals surface area contributed by atoms with Crippen LogP contribution in [0.1, 0.15) is 21.6 Å². The highest BCUT2D eigenvalue weighted by atomic mass is 32.1. The lowest BCUT2D eigenvalue weighted by Gasteiger charge is -2.11. The third-order valence-electron chi connectivity index (χ3n) is 3.97. The number of ether oxygens (including phenoxy) is 1. The molecule has 0 unspecified atom stereocenters. The number of fused-ring (bicyclic) bond motifs is 1. The maximum atomic E-state index is 12.6. The van der Waals surface area contributed by atoms with Crippen LogP contribution in [0, 0.1) is 0 Å². The quantitative estimate of drug-likeness (QED) is 0.565. The van der Waals surface area contributed by atoms with Crippen LogP contribution in [0.2, 0.25) is 0 Å². The van der Waals surface area contributed by atoms with Crippen molar-refractivity contribution < 1.29 is 9.53 Å². The molecule has 0 aliphatic rings. The van der Waals surface area contributed by atoms with Crippen molar-refractivity contribution in [1.82, 2.24) is 14.7 Å². The Morgan fingerprint density at radius 2 is 1.92 bits per heavy atom. The molecule has 0 atom stereocenters. The van der Waals surface area contributed by atoms with Crippen molar-refractivity contribution in [2.45, 2.75) is 13.2 Å². The van der Waals surface area contributed by atoms with Gasteiger partial charge >= 0.3 is 0 Å². The van der Waals surface area contributed by atoms with Gasteiger partial charge in [-0.3, -0.25) is 9.20 Å². The van der Waals surface area contributed by atoms with Crippen molar-refractivity contribution in [3.63, 3.8) is 0 Å². The fraction of sp³-hybridized carbons (Fsp3) is 0.100. The van der Waals surface area contributed by atoms with Crippen molar-refractivity contribution in [2.24, 2.45) is 0 Å². The average Bonchev–Trinajstić information content (AvgIpc) is 3.27. The standard InChI is InChI=1S/C20H17N3O2S/c24-19(21-12-16-13-23-10-11-26-20(23)22-16)18-9-5-4-6-15(18)14-25-17-7-2-1-3-8-17/h1-11,13H,12,14H2,(H,21,24). The first kappa shape index (κ1) is 16.4. The van der Waals surface area contributed by atoms with Gasteiger partial charge in [0.05, 0.1) is 12.2 Å². The first-order valence-corrected chi connectivity index (χ1v) is 9.12. The zero-order valence-corrected chi connectivity index (χ0v) is 14.8. The molecule has 0 saturated heterocycles. The highest BCUT2D eigenvalue weighted by Gasteiger charge is 2.12. The van der Waals surface area contributed by atoms with E-state index in [1.807, 2.05) is 76.8 Å². The SMILES string of the molecule is O=C(NCc1cn2ccsc2n1)c1ccccc1COc1ccccc1. The highest BCUT2D eigenvalue weighted by Crippen LogP contribution is 2.15. The first-order valence-electron chi connectivity index (χ1n) is 8.24. The number of hydrogen-bond donors (Lipinski definition) is 1. The fourth-order valence-corrected chi connectivity index (χ4v) is 3.39. The van der Waals surface area contributed by atoms with E-state index in [2.05, 4.69) is 10.3 Å². The summed E-state index contributed by atoms with van der Waals surface area (Å²) < 4.78 is 7.73. The molecule has 0 saturated carbocycles. The van der Waals surface area contributed by atoms with Crippen molar-refractivity contribution in [3.05, 3.63) is 89.2 Å². The van der Waals surface area contributed by atoms with Gasteiger partial charge in [0.1, 0.15) is 12.4 Å². The molecule has 2 aromatic carbocycles. The first-order chi connectivity index (χ1) is 12.8. The van der Waals surface area contributed by atoms with Gasteiger partial charge in [0.15, 0.2) is 4.96 Å². The summed E-state index contributed by atoms with van der Waals surface area (Å²) >= 11 is 1.57. The lowest BCUT2D eigenvalue weighted by atomic mass is 10.1. The lowest BCUT2D eigenvalue weighted by Crippen LogP contribution is -2.24. The van der Waals surface area contributed by atoms with Gasteiger partial charge in [0, 0.05) is 28.9 Å². The Labute approximate surface area is 154 Å². The van der Waals surface area contributed by atoms with Gasteiger partial charge in [-0.05, 0) is 18.2 Å². The monoisotopic (exact) mass is 363 g/mol. The second kappa shape index (κ2) is 7.41. The van der Waals surface area contributed by atoms with Crippen molar-refractivity contribution in [1.29, 1.82) is 0 Å². The second-order valence-electron chi connectivity index (χ2n) is 5.77. The molecular weight excluding hydrogens is 346 g/mol. The predicted octanol–water partition coefficient (Wildman–Crippen LogP) is 3.90. The summed E-state index contributed by atoms with van der Waals surface area (Å²) in [6.45, 7) is 0.731. The number of amides is 1. The van der Waals surface area contributed by atoms with E-state index < -0.39 is 0 Å². The Kier molecular flexibility index (Phi) is 4.66. The number of para-hydroxylation sites is 1. The zero-order chi connectivity index (χ0) is 17.8.